The average molecular weight is 340 g/mol. The Labute approximate surface area is 134 Å². The molecule has 0 saturated heterocycles. The molecule has 0 aliphatic rings. The van der Waals surface area contributed by atoms with E-state index in [9.17, 15) is 18.0 Å². The highest BCUT2D eigenvalue weighted by molar-refractivity contribution is 5.95. The van der Waals surface area contributed by atoms with Crippen LogP contribution in [0, 0.1) is 6.92 Å². The van der Waals surface area contributed by atoms with E-state index in [0.717, 1.165) is 12.1 Å². The second kappa shape index (κ2) is 7.78. The van der Waals surface area contributed by atoms with E-state index in [2.05, 4.69) is 10.3 Å². The molecule has 1 rings (SSSR count). The first-order valence-electron chi connectivity index (χ1n) is 6.76. The molecule has 8 heteroatoms. The number of nitrogens with one attached hydrogen (secondary N) is 1. The summed E-state index contributed by atoms with van der Waals surface area (Å²) < 4.78 is 37.7. The third-order valence-corrected chi connectivity index (χ3v) is 3.74. The van der Waals surface area contributed by atoms with Crippen molar-refractivity contribution in [2.24, 2.45) is 5.73 Å². The lowest BCUT2D eigenvalue weighted by Gasteiger charge is -2.31. The van der Waals surface area contributed by atoms with Crippen LogP contribution in [0.15, 0.2) is 12.1 Å². The second-order valence-electron chi connectivity index (χ2n) is 4.97. The van der Waals surface area contributed by atoms with Crippen LogP contribution in [0.1, 0.15) is 48.4 Å². The van der Waals surface area contributed by atoms with Crippen molar-refractivity contribution in [3.63, 3.8) is 0 Å². The molecule has 0 atom stereocenters. The third-order valence-electron chi connectivity index (χ3n) is 3.74. The van der Waals surface area contributed by atoms with E-state index in [1.54, 1.807) is 0 Å². The Morgan fingerprint density at radius 1 is 1.27 bits per heavy atom. The van der Waals surface area contributed by atoms with Crippen LogP contribution in [-0.4, -0.2) is 23.0 Å². The summed E-state index contributed by atoms with van der Waals surface area (Å²) in [5, 5.41) is 2.81. The van der Waals surface area contributed by atoms with E-state index in [1.807, 2.05) is 13.8 Å². The lowest BCUT2D eigenvalue weighted by atomic mass is 9.92. The van der Waals surface area contributed by atoms with Crippen LogP contribution in [0.2, 0.25) is 0 Å². The number of nitrogens with two attached hydrogens (primary N) is 1. The SMILES string of the molecule is CCC(CC)(CN)NC(=O)c1ccc(C(F)(F)F)nc1C.Cl. The van der Waals surface area contributed by atoms with Gasteiger partial charge in [-0.25, -0.2) is 4.98 Å². The quantitative estimate of drug-likeness (QED) is 0.866. The molecule has 0 fully saturated rings. The van der Waals surface area contributed by atoms with Crippen molar-refractivity contribution in [3.05, 3.63) is 29.1 Å². The first-order valence-corrected chi connectivity index (χ1v) is 6.76. The zero-order valence-corrected chi connectivity index (χ0v) is 13.6. The molecule has 126 valence electrons. The Hall–Kier alpha value is -1.34. The highest BCUT2D eigenvalue weighted by Crippen LogP contribution is 2.28. The Morgan fingerprint density at radius 2 is 1.82 bits per heavy atom. The fourth-order valence-corrected chi connectivity index (χ4v) is 2.03. The van der Waals surface area contributed by atoms with Crippen LogP contribution in [0.5, 0.6) is 0 Å². The molecule has 1 amide bonds. The molecule has 0 aromatic carbocycles. The molecule has 1 aromatic rings. The number of carbonyl (C=O) groups is 1. The van der Waals surface area contributed by atoms with Crippen molar-refractivity contribution >= 4 is 18.3 Å². The Morgan fingerprint density at radius 3 is 2.18 bits per heavy atom. The first-order chi connectivity index (χ1) is 9.69. The van der Waals surface area contributed by atoms with Crippen molar-refractivity contribution in [3.8, 4) is 0 Å². The predicted molar refractivity (Wildman–Crippen MR) is 81.1 cm³/mol. The van der Waals surface area contributed by atoms with Gasteiger partial charge < -0.3 is 11.1 Å². The number of hydrogen-bond donors (Lipinski definition) is 2. The van der Waals surface area contributed by atoms with Crippen molar-refractivity contribution in [1.29, 1.82) is 0 Å². The molecule has 0 bridgehead atoms. The summed E-state index contributed by atoms with van der Waals surface area (Å²) in [6.07, 6.45) is -3.24. The number of pyridine rings is 1. The molecule has 0 radical (unpaired) electrons. The van der Waals surface area contributed by atoms with E-state index in [1.165, 1.54) is 6.92 Å². The van der Waals surface area contributed by atoms with Crippen LogP contribution < -0.4 is 11.1 Å². The second-order valence-corrected chi connectivity index (χ2v) is 4.97. The highest BCUT2D eigenvalue weighted by atomic mass is 35.5. The molecule has 1 heterocycles. The van der Waals surface area contributed by atoms with Gasteiger partial charge in [0.1, 0.15) is 5.69 Å². The molecule has 0 unspecified atom stereocenters. The minimum atomic E-state index is -4.52. The topological polar surface area (TPSA) is 68.0 Å². The van der Waals surface area contributed by atoms with Crippen molar-refractivity contribution in [2.45, 2.75) is 45.3 Å². The summed E-state index contributed by atoms with van der Waals surface area (Å²) in [6.45, 7) is 5.44. The van der Waals surface area contributed by atoms with Gasteiger partial charge in [0.15, 0.2) is 0 Å². The monoisotopic (exact) mass is 339 g/mol. The van der Waals surface area contributed by atoms with Crippen molar-refractivity contribution < 1.29 is 18.0 Å². The molecule has 0 aliphatic carbocycles. The lowest BCUT2D eigenvalue weighted by Crippen LogP contribution is -2.53. The Bertz CT molecular complexity index is 508. The van der Waals surface area contributed by atoms with Gasteiger partial charge in [-0.2, -0.15) is 13.2 Å². The summed E-state index contributed by atoms with van der Waals surface area (Å²) in [5.74, 6) is -0.456. The molecule has 0 aliphatic heterocycles. The van der Waals surface area contributed by atoms with Gasteiger partial charge in [0.25, 0.3) is 5.91 Å². The Balaban J connectivity index is 0.00000441. The average Bonchev–Trinajstić information content (AvgIpc) is 2.43. The van der Waals surface area contributed by atoms with E-state index < -0.39 is 23.3 Å². The standard InChI is InChI=1S/C14H20F3N3O.ClH/c1-4-13(5-2,8-18)20-12(21)10-6-7-11(14(15,16)17)19-9(10)3;/h6-7H,4-5,8,18H2,1-3H3,(H,20,21);1H. The molecule has 3 N–H and O–H groups in total. The molecular weight excluding hydrogens is 319 g/mol. The predicted octanol–water partition coefficient (Wildman–Crippen LogP) is 3.08. The number of nitrogens with zero attached hydrogens (tertiary/aromatic N) is 1. The number of carbonyl (C=O) groups excluding carboxylic acids is 1. The molecule has 0 spiro atoms. The van der Waals surface area contributed by atoms with Gasteiger partial charge in [-0.1, -0.05) is 13.8 Å². The number of halogens is 4. The number of rotatable bonds is 5. The summed E-state index contributed by atoms with van der Waals surface area (Å²) in [6, 6.07) is 1.96. The summed E-state index contributed by atoms with van der Waals surface area (Å²) in [5.41, 5.74) is 4.31. The smallest absolute Gasteiger partial charge is 0.345 e. The van der Waals surface area contributed by atoms with Crippen LogP contribution >= 0.6 is 12.4 Å². The number of hydrogen-bond acceptors (Lipinski definition) is 3. The first kappa shape index (κ1) is 20.7. The molecule has 22 heavy (non-hydrogen) atoms. The fourth-order valence-electron chi connectivity index (χ4n) is 2.03. The maximum absolute atomic E-state index is 12.6. The maximum atomic E-state index is 12.6. The summed E-state index contributed by atoms with van der Waals surface area (Å²) in [4.78, 5) is 15.7. The van der Waals surface area contributed by atoms with Gasteiger partial charge >= 0.3 is 6.18 Å². The zero-order valence-electron chi connectivity index (χ0n) is 12.8. The highest BCUT2D eigenvalue weighted by Gasteiger charge is 2.33. The van der Waals surface area contributed by atoms with Crippen LogP contribution in [0.25, 0.3) is 0 Å². The number of amides is 1. The van der Waals surface area contributed by atoms with Gasteiger partial charge in [-0.05, 0) is 31.9 Å². The molecule has 4 nitrogen and oxygen atoms in total. The van der Waals surface area contributed by atoms with Crippen molar-refractivity contribution in [2.75, 3.05) is 6.54 Å². The minimum absolute atomic E-state index is 0. The largest absolute Gasteiger partial charge is 0.433 e. The van der Waals surface area contributed by atoms with Crippen LogP contribution in [0.3, 0.4) is 0 Å². The molecular formula is C14H21ClF3N3O. The maximum Gasteiger partial charge on any atom is 0.433 e. The number of alkyl halides is 3. The summed E-state index contributed by atoms with van der Waals surface area (Å²) in [7, 11) is 0. The fraction of sp³-hybridized carbons (Fsp3) is 0.571. The van der Waals surface area contributed by atoms with E-state index >= 15 is 0 Å². The van der Waals surface area contributed by atoms with Crippen molar-refractivity contribution in [1.82, 2.24) is 10.3 Å². The molecule has 1 aromatic heterocycles. The van der Waals surface area contributed by atoms with E-state index in [-0.39, 0.29) is 30.2 Å². The van der Waals surface area contributed by atoms with Gasteiger partial charge in [-0.15, -0.1) is 12.4 Å². The Kier molecular flexibility index (Phi) is 7.31. The number of aryl methyl sites for hydroxylation is 1. The number of aromatic nitrogens is 1. The van der Waals surface area contributed by atoms with Gasteiger partial charge in [0.2, 0.25) is 0 Å². The third kappa shape index (κ3) is 4.58. The minimum Gasteiger partial charge on any atom is -0.345 e. The van der Waals surface area contributed by atoms with Crippen LogP contribution in [0.4, 0.5) is 13.2 Å². The van der Waals surface area contributed by atoms with Crippen LogP contribution in [-0.2, 0) is 6.18 Å². The van der Waals surface area contributed by atoms with E-state index in [4.69, 9.17) is 5.73 Å². The molecule has 0 saturated carbocycles. The van der Waals surface area contributed by atoms with E-state index in [0.29, 0.717) is 12.8 Å². The lowest BCUT2D eigenvalue weighted by molar-refractivity contribution is -0.141. The zero-order chi connectivity index (χ0) is 16.3. The van der Waals surface area contributed by atoms with Gasteiger partial charge in [0, 0.05) is 6.54 Å². The van der Waals surface area contributed by atoms with Gasteiger partial charge in [0.05, 0.1) is 16.8 Å². The van der Waals surface area contributed by atoms with Gasteiger partial charge in [-0.3, -0.25) is 4.79 Å². The normalized spacial score (nSPS) is 11.8. The summed E-state index contributed by atoms with van der Waals surface area (Å²) >= 11 is 0.